The number of benzene rings is 1. The smallest absolute Gasteiger partial charge is 0.118 e. The van der Waals surface area contributed by atoms with Gasteiger partial charge in [-0.2, -0.15) is 0 Å². The highest BCUT2D eigenvalue weighted by Crippen LogP contribution is 2.24. The maximum Gasteiger partial charge on any atom is 0.118 e. The van der Waals surface area contributed by atoms with Crippen molar-refractivity contribution < 1.29 is 5.11 Å². The van der Waals surface area contributed by atoms with Crippen molar-refractivity contribution in [2.75, 3.05) is 11.5 Å². The normalized spacial score (nSPS) is 8.58. The number of aromatic hydroxyl groups is 1. The number of hydrogen-bond acceptors (Lipinski definition) is 3. The first-order valence-corrected chi connectivity index (χ1v) is 3.96. The molecule has 1 aromatic rings. The molecule has 0 saturated heterocycles. The minimum absolute atomic E-state index is 0.157. The largest absolute Gasteiger partial charge is 0.508 e. The minimum Gasteiger partial charge on any atom is -0.508 e. The van der Waals surface area contributed by atoms with Crippen LogP contribution in [0.2, 0.25) is 0 Å². The van der Waals surface area contributed by atoms with Gasteiger partial charge in [0.15, 0.2) is 0 Å². The monoisotopic (exact) mass is 168 g/mol. The van der Waals surface area contributed by atoms with E-state index in [0.717, 1.165) is 5.56 Å². The highest BCUT2D eigenvalue weighted by atomic mass is 16.3. The summed E-state index contributed by atoms with van der Waals surface area (Å²) in [5.74, 6) is 0.157. The van der Waals surface area contributed by atoms with Gasteiger partial charge in [-0.25, -0.2) is 0 Å². The van der Waals surface area contributed by atoms with Gasteiger partial charge in [-0.05, 0) is 18.6 Å². The van der Waals surface area contributed by atoms with Gasteiger partial charge >= 0.3 is 0 Å². The van der Waals surface area contributed by atoms with Crippen molar-refractivity contribution in [2.24, 2.45) is 0 Å². The van der Waals surface area contributed by atoms with Crippen molar-refractivity contribution in [2.45, 2.75) is 20.8 Å². The third-order valence-corrected chi connectivity index (χ3v) is 1.40. The van der Waals surface area contributed by atoms with E-state index in [1.54, 1.807) is 13.0 Å². The molecular formula is C9H16N2O. The summed E-state index contributed by atoms with van der Waals surface area (Å²) in [6.07, 6.45) is 0. The molecule has 0 aliphatic carbocycles. The van der Waals surface area contributed by atoms with Crippen LogP contribution in [0, 0.1) is 6.92 Å². The number of rotatable bonds is 0. The quantitative estimate of drug-likeness (QED) is 0.409. The molecule has 1 aromatic carbocycles. The van der Waals surface area contributed by atoms with E-state index in [9.17, 15) is 0 Å². The van der Waals surface area contributed by atoms with E-state index in [1.165, 1.54) is 6.07 Å². The molecule has 0 aliphatic heterocycles. The zero-order valence-electron chi connectivity index (χ0n) is 7.76. The number of phenolic OH excluding ortho intramolecular Hbond substituents is 1. The molecule has 0 heterocycles. The van der Waals surface area contributed by atoms with E-state index >= 15 is 0 Å². The fourth-order valence-electron chi connectivity index (χ4n) is 0.806. The Morgan fingerprint density at radius 1 is 1.17 bits per heavy atom. The summed E-state index contributed by atoms with van der Waals surface area (Å²) in [4.78, 5) is 0. The molecule has 12 heavy (non-hydrogen) atoms. The third kappa shape index (κ3) is 2.34. The zero-order valence-corrected chi connectivity index (χ0v) is 7.76. The lowest BCUT2D eigenvalue weighted by atomic mass is 10.1. The Kier molecular flexibility index (Phi) is 3.97. The predicted molar refractivity (Wildman–Crippen MR) is 53.0 cm³/mol. The van der Waals surface area contributed by atoms with Crippen molar-refractivity contribution in [3.05, 3.63) is 17.7 Å². The summed E-state index contributed by atoms with van der Waals surface area (Å²) in [5.41, 5.74) is 12.7. The van der Waals surface area contributed by atoms with Crippen molar-refractivity contribution in [3.63, 3.8) is 0 Å². The molecule has 68 valence electrons. The van der Waals surface area contributed by atoms with Gasteiger partial charge in [-0.15, -0.1) is 0 Å². The van der Waals surface area contributed by atoms with Crippen LogP contribution in [-0.4, -0.2) is 5.11 Å². The average Bonchev–Trinajstić information content (AvgIpc) is 2.04. The lowest BCUT2D eigenvalue weighted by Crippen LogP contribution is -1.96. The minimum atomic E-state index is 0.157. The van der Waals surface area contributed by atoms with E-state index < -0.39 is 0 Å². The second kappa shape index (κ2) is 4.49. The Labute approximate surface area is 73.0 Å². The SMILES string of the molecule is CC.Cc1cc(O)cc(N)c1N. The van der Waals surface area contributed by atoms with Gasteiger partial charge in [-0.1, -0.05) is 13.8 Å². The number of hydrogen-bond donors (Lipinski definition) is 3. The molecule has 0 fully saturated rings. The number of phenols is 1. The van der Waals surface area contributed by atoms with Gasteiger partial charge in [-0.3, -0.25) is 0 Å². The molecule has 0 radical (unpaired) electrons. The Balaban J connectivity index is 0.000000561. The molecule has 0 aliphatic rings. The van der Waals surface area contributed by atoms with Crippen LogP contribution in [0.3, 0.4) is 0 Å². The van der Waals surface area contributed by atoms with Gasteiger partial charge in [0, 0.05) is 6.07 Å². The fraction of sp³-hybridized carbons (Fsp3) is 0.333. The Morgan fingerprint density at radius 3 is 2.08 bits per heavy atom. The highest BCUT2D eigenvalue weighted by molar-refractivity contribution is 5.69. The number of aryl methyl sites for hydroxylation is 1. The molecule has 3 nitrogen and oxygen atoms in total. The van der Waals surface area contributed by atoms with Crippen molar-refractivity contribution in [1.82, 2.24) is 0 Å². The Bertz CT molecular complexity index is 236. The standard InChI is InChI=1S/C7H10N2O.C2H6/c1-4-2-5(10)3-6(8)7(4)9;1-2/h2-3,10H,8-9H2,1H3;1-2H3. The van der Waals surface area contributed by atoms with Gasteiger partial charge < -0.3 is 16.6 Å². The summed E-state index contributed by atoms with van der Waals surface area (Å²) in [5, 5.41) is 8.98. The lowest BCUT2D eigenvalue weighted by Gasteiger charge is -2.03. The first-order valence-electron chi connectivity index (χ1n) is 3.96. The predicted octanol–water partition coefficient (Wildman–Crippen LogP) is 1.89. The van der Waals surface area contributed by atoms with Crippen LogP contribution in [0.4, 0.5) is 11.4 Å². The summed E-state index contributed by atoms with van der Waals surface area (Å²) in [6, 6.07) is 3.01. The van der Waals surface area contributed by atoms with Crippen molar-refractivity contribution >= 4 is 11.4 Å². The zero-order chi connectivity index (χ0) is 9.72. The van der Waals surface area contributed by atoms with E-state index in [4.69, 9.17) is 16.6 Å². The summed E-state index contributed by atoms with van der Waals surface area (Å²) < 4.78 is 0. The number of nitrogen functional groups attached to an aromatic ring is 2. The fourth-order valence-corrected chi connectivity index (χ4v) is 0.806. The van der Waals surface area contributed by atoms with Gasteiger partial charge in [0.05, 0.1) is 11.4 Å². The summed E-state index contributed by atoms with van der Waals surface area (Å²) >= 11 is 0. The van der Waals surface area contributed by atoms with E-state index in [2.05, 4.69) is 0 Å². The van der Waals surface area contributed by atoms with Gasteiger partial charge in [0.1, 0.15) is 5.75 Å². The molecule has 0 atom stereocenters. The van der Waals surface area contributed by atoms with Gasteiger partial charge in [0.25, 0.3) is 0 Å². The summed E-state index contributed by atoms with van der Waals surface area (Å²) in [7, 11) is 0. The van der Waals surface area contributed by atoms with Crippen molar-refractivity contribution in [3.8, 4) is 5.75 Å². The second-order valence-corrected chi connectivity index (χ2v) is 2.27. The maximum atomic E-state index is 8.98. The summed E-state index contributed by atoms with van der Waals surface area (Å²) in [6.45, 7) is 5.80. The van der Waals surface area contributed by atoms with Crippen LogP contribution < -0.4 is 11.5 Å². The molecule has 3 heteroatoms. The van der Waals surface area contributed by atoms with Crippen LogP contribution in [-0.2, 0) is 0 Å². The molecule has 0 bridgehead atoms. The molecule has 0 amide bonds. The van der Waals surface area contributed by atoms with E-state index in [1.807, 2.05) is 13.8 Å². The number of nitrogens with two attached hydrogens (primary N) is 2. The molecule has 5 N–H and O–H groups in total. The van der Waals surface area contributed by atoms with Crippen LogP contribution >= 0.6 is 0 Å². The van der Waals surface area contributed by atoms with Crippen molar-refractivity contribution in [1.29, 1.82) is 0 Å². The average molecular weight is 168 g/mol. The van der Waals surface area contributed by atoms with E-state index in [-0.39, 0.29) is 5.75 Å². The molecule has 0 aromatic heterocycles. The van der Waals surface area contributed by atoms with Gasteiger partial charge in [0.2, 0.25) is 0 Å². The molecule has 0 unspecified atom stereocenters. The van der Waals surface area contributed by atoms with E-state index in [0.29, 0.717) is 11.4 Å². The van der Waals surface area contributed by atoms with Crippen LogP contribution in [0.1, 0.15) is 19.4 Å². The van der Waals surface area contributed by atoms with Crippen LogP contribution in [0.5, 0.6) is 5.75 Å². The molecule has 0 saturated carbocycles. The first-order chi connectivity index (χ1) is 5.61. The Hall–Kier alpha value is -1.38. The molecule has 0 spiro atoms. The Morgan fingerprint density at radius 2 is 1.67 bits per heavy atom. The third-order valence-electron chi connectivity index (χ3n) is 1.40. The molecular weight excluding hydrogens is 152 g/mol. The van der Waals surface area contributed by atoms with Crippen LogP contribution in [0.25, 0.3) is 0 Å². The number of anilines is 2. The second-order valence-electron chi connectivity index (χ2n) is 2.27. The van der Waals surface area contributed by atoms with Crippen LogP contribution in [0.15, 0.2) is 12.1 Å². The maximum absolute atomic E-state index is 8.98. The molecule has 1 rings (SSSR count). The topological polar surface area (TPSA) is 72.3 Å². The highest BCUT2D eigenvalue weighted by Gasteiger charge is 1.99. The lowest BCUT2D eigenvalue weighted by molar-refractivity contribution is 0.475. The first kappa shape index (κ1) is 10.6.